The molecule has 0 unspecified atom stereocenters. The fourth-order valence-corrected chi connectivity index (χ4v) is 0.0722. The Morgan fingerprint density at radius 3 is 2.29 bits per heavy atom. The molecule has 0 aliphatic carbocycles. The van der Waals surface area contributed by atoms with Gasteiger partial charge in [-0.15, -0.1) is 5.73 Å². The summed E-state index contributed by atoms with van der Waals surface area (Å²) < 4.78 is 4.09. The maximum Gasteiger partial charge on any atom is 1.00 e. The minimum Gasteiger partial charge on any atom is -0.611 e. The van der Waals surface area contributed by atoms with E-state index < -0.39 is 5.95 Å². The molecule has 0 N–H and O–H groups in total. The second-order valence-electron chi connectivity index (χ2n) is 0.668. The van der Waals surface area contributed by atoms with Gasteiger partial charge in [0.15, 0.2) is 0 Å². The van der Waals surface area contributed by atoms with Crippen molar-refractivity contribution in [3.05, 3.63) is 18.3 Å². The average Bonchev–Trinajstić information content (AvgIpc) is 1.65. The van der Waals surface area contributed by atoms with Gasteiger partial charge >= 0.3 is 18.9 Å². The second kappa shape index (κ2) is 5.72. The molecular formula is C4H5LiO2. The van der Waals surface area contributed by atoms with Crippen LogP contribution in [-0.2, 0) is 4.74 Å². The molecule has 34 valence electrons. The van der Waals surface area contributed by atoms with E-state index in [2.05, 4.69) is 11.3 Å². The first-order valence-electron chi connectivity index (χ1n) is 1.42. The average molecular weight is 92.0 g/mol. The zero-order valence-electron chi connectivity index (χ0n) is 4.52. The summed E-state index contributed by atoms with van der Waals surface area (Å²) >= 11 is 0. The van der Waals surface area contributed by atoms with E-state index in [1.54, 1.807) is 0 Å². The van der Waals surface area contributed by atoms with E-state index in [0.717, 1.165) is 0 Å². The van der Waals surface area contributed by atoms with E-state index in [0.29, 0.717) is 0 Å². The SMILES string of the molecule is C=C=C([O-])OC.[Li+]. The molecule has 0 aromatic heterocycles. The molecule has 0 aliphatic rings. The van der Waals surface area contributed by atoms with Crippen LogP contribution in [0.1, 0.15) is 0 Å². The second-order valence-corrected chi connectivity index (χ2v) is 0.668. The van der Waals surface area contributed by atoms with E-state index in [9.17, 15) is 5.11 Å². The van der Waals surface area contributed by atoms with Crippen LogP contribution in [0.15, 0.2) is 18.3 Å². The third-order valence-corrected chi connectivity index (χ3v) is 0.330. The fourth-order valence-electron chi connectivity index (χ4n) is 0.0722. The summed E-state index contributed by atoms with van der Waals surface area (Å²) in [6.07, 6.45) is 0. The van der Waals surface area contributed by atoms with Gasteiger partial charge in [0.05, 0.1) is 5.95 Å². The van der Waals surface area contributed by atoms with Crippen LogP contribution in [0.2, 0.25) is 0 Å². The minimum absolute atomic E-state index is 0. The molecule has 0 heterocycles. The van der Waals surface area contributed by atoms with E-state index in [4.69, 9.17) is 0 Å². The number of hydrogen-bond donors (Lipinski definition) is 0. The summed E-state index contributed by atoms with van der Waals surface area (Å²) in [4.78, 5) is 0. The number of rotatable bonds is 1. The van der Waals surface area contributed by atoms with Crippen LogP contribution >= 0.6 is 0 Å². The van der Waals surface area contributed by atoms with E-state index in [1.807, 2.05) is 5.73 Å². The van der Waals surface area contributed by atoms with Crippen molar-refractivity contribution in [3.63, 3.8) is 0 Å². The Bertz CT molecular complexity index is 83.7. The van der Waals surface area contributed by atoms with Gasteiger partial charge in [0.1, 0.15) is 0 Å². The van der Waals surface area contributed by atoms with E-state index in [1.165, 1.54) is 7.11 Å². The zero-order chi connectivity index (χ0) is 4.99. The monoisotopic (exact) mass is 92.0 g/mol. The molecule has 0 aliphatic heterocycles. The molecule has 0 radical (unpaired) electrons. The standard InChI is InChI=1S/C4H6O2.Li/c1-3-4(5)6-2;/h5H,1H2,2H3;/q;+1/p-1. The normalized spacial score (nSPS) is 5.29. The molecule has 0 fully saturated rings. The Balaban J connectivity index is 0. The molecule has 0 rings (SSSR count). The van der Waals surface area contributed by atoms with Crippen molar-refractivity contribution in [1.29, 1.82) is 0 Å². The molecule has 3 heteroatoms. The maximum atomic E-state index is 9.78. The first-order valence-corrected chi connectivity index (χ1v) is 1.42. The van der Waals surface area contributed by atoms with Crippen LogP contribution in [0.25, 0.3) is 0 Å². The Hall–Kier alpha value is -0.283. The molecule has 0 aromatic rings. The summed E-state index contributed by atoms with van der Waals surface area (Å²) in [5, 5.41) is 9.78. The van der Waals surface area contributed by atoms with Crippen LogP contribution in [0.3, 0.4) is 0 Å². The first kappa shape index (κ1) is 9.87. The first-order chi connectivity index (χ1) is 2.81. The number of ether oxygens (including phenoxy) is 1. The largest absolute Gasteiger partial charge is 1.00 e. The Labute approximate surface area is 54.7 Å². The van der Waals surface area contributed by atoms with Crippen LogP contribution in [0.4, 0.5) is 0 Å². The molecule has 0 spiro atoms. The summed E-state index contributed by atoms with van der Waals surface area (Å²) in [6.45, 7) is 3.03. The molecule has 0 amide bonds. The summed E-state index contributed by atoms with van der Waals surface area (Å²) in [6, 6.07) is 0. The summed E-state index contributed by atoms with van der Waals surface area (Å²) in [5.74, 6) is -0.519. The van der Waals surface area contributed by atoms with Crippen molar-refractivity contribution in [2.75, 3.05) is 7.11 Å². The minimum atomic E-state index is -0.519. The number of hydrogen-bond acceptors (Lipinski definition) is 2. The van der Waals surface area contributed by atoms with Gasteiger partial charge in [-0.1, -0.05) is 6.58 Å². The van der Waals surface area contributed by atoms with Crippen molar-refractivity contribution in [2.24, 2.45) is 0 Å². The van der Waals surface area contributed by atoms with Crippen LogP contribution in [-0.4, -0.2) is 7.11 Å². The molecule has 0 saturated heterocycles. The summed E-state index contributed by atoms with van der Waals surface area (Å²) in [7, 11) is 1.28. The van der Waals surface area contributed by atoms with Gasteiger partial charge in [0.25, 0.3) is 0 Å². The zero-order valence-corrected chi connectivity index (χ0v) is 4.52. The molecule has 0 saturated carbocycles. The topological polar surface area (TPSA) is 32.3 Å². The van der Waals surface area contributed by atoms with Crippen LogP contribution in [0, 0.1) is 0 Å². The van der Waals surface area contributed by atoms with Gasteiger partial charge < -0.3 is 9.84 Å². The molecule has 2 nitrogen and oxygen atoms in total. The van der Waals surface area contributed by atoms with Crippen molar-refractivity contribution in [2.45, 2.75) is 0 Å². The van der Waals surface area contributed by atoms with E-state index >= 15 is 0 Å². The van der Waals surface area contributed by atoms with Crippen molar-refractivity contribution in [1.82, 2.24) is 0 Å². The third-order valence-electron chi connectivity index (χ3n) is 0.330. The Morgan fingerprint density at radius 1 is 1.86 bits per heavy atom. The van der Waals surface area contributed by atoms with Crippen LogP contribution in [0.5, 0.6) is 0 Å². The molecule has 0 aromatic carbocycles. The van der Waals surface area contributed by atoms with E-state index in [-0.39, 0.29) is 18.9 Å². The van der Waals surface area contributed by atoms with Crippen molar-refractivity contribution in [3.8, 4) is 0 Å². The molecule has 7 heavy (non-hydrogen) atoms. The van der Waals surface area contributed by atoms with Gasteiger partial charge in [-0.3, -0.25) is 0 Å². The van der Waals surface area contributed by atoms with Crippen molar-refractivity contribution >= 4 is 0 Å². The van der Waals surface area contributed by atoms with Gasteiger partial charge in [-0.05, 0) is 7.11 Å². The molecular weight excluding hydrogens is 87.0 g/mol. The molecule has 0 atom stereocenters. The maximum absolute atomic E-state index is 9.78. The smallest absolute Gasteiger partial charge is 0.611 e. The third kappa shape index (κ3) is 5.72. The fraction of sp³-hybridized carbons (Fsp3) is 0.250. The van der Waals surface area contributed by atoms with Gasteiger partial charge in [0.2, 0.25) is 0 Å². The van der Waals surface area contributed by atoms with Gasteiger partial charge in [-0.25, -0.2) is 0 Å². The molecule has 0 bridgehead atoms. The number of methoxy groups -OCH3 is 1. The Morgan fingerprint density at radius 2 is 2.29 bits per heavy atom. The predicted molar refractivity (Wildman–Crippen MR) is 19.7 cm³/mol. The van der Waals surface area contributed by atoms with Gasteiger partial charge in [-0.2, -0.15) is 0 Å². The van der Waals surface area contributed by atoms with Crippen molar-refractivity contribution < 1.29 is 28.7 Å². The predicted octanol–water partition coefficient (Wildman–Crippen LogP) is -3.38. The Kier molecular flexibility index (Phi) is 8.06. The van der Waals surface area contributed by atoms with Gasteiger partial charge in [0, 0.05) is 0 Å². The summed E-state index contributed by atoms with van der Waals surface area (Å²) in [5.41, 5.74) is 2.00. The quantitative estimate of drug-likeness (QED) is 0.192. The van der Waals surface area contributed by atoms with Crippen LogP contribution < -0.4 is 24.0 Å².